The maximum Gasteiger partial charge on any atom is 0.213 e. The highest BCUT2D eigenvalue weighted by molar-refractivity contribution is 6.16. The van der Waals surface area contributed by atoms with Gasteiger partial charge in [-0.25, -0.2) is 4.98 Å². The summed E-state index contributed by atoms with van der Waals surface area (Å²) in [5, 5.41) is 0. The highest BCUT2D eigenvalue weighted by Gasteiger charge is 1.97. The Balaban J connectivity index is 2.09. The fourth-order valence-electron chi connectivity index (χ4n) is 1.67. The van der Waals surface area contributed by atoms with E-state index >= 15 is 0 Å². The molecule has 1 heterocycles. The van der Waals surface area contributed by atoms with Crippen LogP contribution in [0.1, 0.15) is 51.1 Å². The summed E-state index contributed by atoms with van der Waals surface area (Å²) in [6.07, 6.45) is 7.65. The molecule has 0 amide bonds. The second-order valence-electron chi connectivity index (χ2n) is 4.22. The second kappa shape index (κ2) is 9.29. The number of nitrogens with zero attached hydrogens (tertiary/aromatic N) is 1. The van der Waals surface area contributed by atoms with Crippen LogP contribution < -0.4 is 4.74 Å². The topological polar surface area (TPSA) is 22.1 Å². The molecule has 0 atom stereocenters. The Labute approximate surface area is 109 Å². The Hall–Kier alpha value is -0.760. The van der Waals surface area contributed by atoms with Crippen molar-refractivity contribution in [3.8, 4) is 5.88 Å². The Bertz CT molecular complexity index is 304. The maximum atomic E-state index is 5.71. The van der Waals surface area contributed by atoms with Gasteiger partial charge in [0.15, 0.2) is 0 Å². The van der Waals surface area contributed by atoms with Crippen LogP contribution in [-0.2, 0) is 5.88 Å². The lowest BCUT2D eigenvalue weighted by atomic mass is 10.1. The second-order valence-corrected chi connectivity index (χ2v) is 4.48. The molecule has 17 heavy (non-hydrogen) atoms. The molecule has 1 aromatic rings. The zero-order chi connectivity index (χ0) is 12.3. The van der Waals surface area contributed by atoms with E-state index in [1.807, 2.05) is 18.2 Å². The van der Waals surface area contributed by atoms with Gasteiger partial charge in [-0.1, -0.05) is 45.1 Å². The Morgan fingerprint density at radius 2 is 1.88 bits per heavy atom. The standard InChI is InChI=1S/C14H22ClNO/c1-2-3-4-5-6-7-11-17-14-10-8-9-13(12-15)16-14/h8-10H,2-7,11-12H2,1H3. The number of ether oxygens (including phenoxy) is 1. The van der Waals surface area contributed by atoms with Crippen molar-refractivity contribution in [2.75, 3.05) is 6.61 Å². The maximum absolute atomic E-state index is 5.71. The van der Waals surface area contributed by atoms with Crippen LogP contribution in [0, 0.1) is 0 Å². The summed E-state index contributed by atoms with van der Waals surface area (Å²) in [5.41, 5.74) is 0.868. The van der Waals surface area contributed by atoms with E-state index in [9.17, 15) is 0 Å². The first-order chi connectivity index (χ1) is 8.36. The number of rotatable bonds is 9. The smallest absolute Gasteiger partial charge is 0.213 e. The van der Waals surface area contributed by atoms with Gasteiger partial charge in [0, 0.05) is 6.07 Å². The average Bonchev–Trinajstić information content (AvgIpc) is 2.38. The summed E-state index contributed by atoms with van der Waals surface area (Å²) in [7, 11) is 0. The number of alkyl halides is 1. The van der Waals surface area contributed by atoms with Crippen molar-refractivity contribution in [1.82, 2.24) is 4.98 Å². The van der Waals surface area contributed by atoms with Gasteiger partial charge in [0.2, 0.25) is 5.88 Å². The van der Waals surface area contributed by atoms with E-state index in [1.54, 1.807) is 0 Å². The van der Waals surface area contributed by atoms with Gasteiger partial charge in [-0.05, 0) is 12.5 Å². The quantitative estimate of drug-likeness (QED) is 0.477. The van der Waals surface area contributed by atoms with Gasteiger partial charge in [-0.2, -0.15) is 0 Å². The molecule has 0 aliphatic heterocycles. The molecule has 0 aliphatic carbocycles. The minimum Gasteiger partial charge on any atom is -0.478 e. The van der Waals surface area contributed by atoms with E-state index in [4.69, 9.17) is 16.3 Å². The molecule has 0 unspecified atom stereocenters. The summed E-state index contributed by atoms with van der Waals surface area (Å²) in [6, 6.07) is 5.72. The molecule has 0 spiro atoms. The third kappa shape index (κ3) is 6.52. The minimum absolute atomic E-state index is 0.439. The minimum atomic E-state index is 0.439. The van der Waals surface area contributed by atoms with E-state index in [-0.39, 0.29) is 0 Å². The van der Waals surface area contributed by atoms with Crippen molar-refractivity contribution >= 4 is 11.6 Å². The summed E-state index contributed by atoms with van der Waals surface area (Å²) < 4.78 is 5.59. The molecule has 3 heteroatoms. The Morgan fingerprint density at radius 3 is 2.65 bits per heavy atom. The lowest BCUT2D eigenvalue weighted by Gasteiger charge is -2.06. The van der Waals surface area contributed by atoms with Gasteiger partial charge in [0.25, 0.3) is 0 Å². The van der Waals surface area contributed by atoms with Gasteiger partial charge in [0.1, 0.15) is 0 Å². The summed E-state index contributed by atoms with van der Waals surface area (Å²) in [4.78, 5) is 4.28. The Kier molecular flexibility index (Phi) is 7.81. The molecule has 0 aromatic carbocycles. The van der Waals surface area contributed by atoms with Crippen molar-refractivity contribution in [2.24, 2.45) is 0 Å². The number of aromatic nitrogens is 1. The average molecular weight is 256 g/mol. The van der Waals surface area contributed by atoms with Crippen LogP contribution in [0.15, 0.2) is 18.2 Å². The first-order valence-corrected chi connectivity index (χ1v) is 7.05. The molecule has 0 aliphatic rings. The molecule has 0 saturated carbocycles. The van der Waals surface area contributed by atoms with Crippen molar-refractivity contribution in [3.63, 3.8) is 0 Å². The molecule has 0 bridgehead atoms. The predicted octanol–water partition coefficient (Wildman–Crippen LogP) is 4.56. The number of hydrogen-bond donors (Lipinski definition) is 0. The van der Waals surface area contributed by atoms with Crippen LogP contribution in [0.5, 0.6) is 5.88 Å². The van der Waals surface area contributed by atoms with Gasteiger partial charge in [-0.15, -0.1) is 11.6 Å². The number of unbranched alkanes of at least 4 members (excludes halogenated alkanes) is 5. The van der Waals surface area contributed by atoms with Crippen LogP contribution in [0.25, 0.3) is 0 Å². The number of halogens is 1. The van der Waals surface area contributed by atoms with Gasteiger partial charge >= 0.3 is 0 Å². The number of pyridine rings is 1. The van der Waals surface area contributed by atoms with Gasteiger partial charge in [0.05, 0.1) is 18.2 Å². The summed E-state index contributed by atoms with van der Waals surface area (Å²) in [6.45, 7) is 2.99. The summed E-state index contributed by atoms with van der Waals surface area (Å²) >= 11 is 5.71. The van der Waals surface area contributed by atoms with Crippen molar-refractivity contribution < 1.29 is 4.74 Å². The molecule has 0 N–H and O–H groups in total. The van der Waals surface area contributed by atoms with Gasteiger partial charge < -0.3 is 4.74 Å². The molecule has 1 rings (SSSR count). The predicted molar refractivity (Wildman–Crippen MR) is 72.7 cm³/mol. The van der Waals surface area contributed by atoms with E-state index in [0.717, 1.165) is 18.7 Å². The molecular weight excluding hydrogens is 234 g/mol. The monoisotopic (exact) mass is 255 g/mol. The zero-order valence-corrected chi connectivity index (χ0v) is 11.4. The van der Waals surface area contributed by atoms with Crippen LogP contribution in [-0.4, -0.2) is 11.6 Å². The van der Waals surface area contributed by atoms with E-state index in [1.165, 1.54) is 32.1 Å². The largest absolute Gasteiger partial charge is 0.478 e. The molecule has 0 saturated heterocycles. The highest BCUT2D eigenvalue weighted by Crippen LogP contribution is 2.10. The van der Waals surface area contributed by atoms with Crippen LogP contribution in [0.3, 0.4) is 0 Å². The zero-order valence-electron chi connectivity index (χ0n) is 10.6. The SMILES string of the molecule is CCCCCCCCOc1cccc(CCl)n1. The molecule has 96 valence electrons. The van der Waals surface area contributed by atoms with Crippen LogP contribution in [0.2, 0.25) is 0 Å². The van der Waals surface area contributed by atoms with Crippen molar-refractivity contribution in [1.29, 1.82) is 0 Å². The van der Waals surface area contributed by atoms with Crippen molar-refractivity contribution in [2.45, 2.75) is 51.3 Å². The fourth-order valence-corrected chi connectivity index (χ4v) is 1.82. The molecule has 1 aromatic heterocycles. The third-order valence-corrected chi connectivity index (χ3v) is 2.94. The van der Waals surface area contributed by atoms with E-state index in [2.05, 4.69) is 11.9 Å². The fraction of sp³-hybridized carbons (Fsp3) is 0.643. The van der Waals surface area contributed by atoms with Crippen LogP contribution in [0.4, 0.5) is 0 Å². The first-order valence-electron chi connectivity index (χ1n) is 6.51. The van der Waals surface area contributed by atoms with E-state index < -0.39 is 0 Å². The molecule has 0 fully saturated rings. The highest BCUT2D eigenvalue weighted by atomic mass is 35.5. The Morgan fingerprint density at radius 1 is 1.12 bits per heavy atom. The lowest BCUT2D eigenvalue weighted by Crippen LogP contribution is -2.00. The van der Waals surface area contributed by atoms with E-state index in [0.29, 0.717) is 11.8 Å². The van der Waals surface area contributed by atoms with Gasteiger partial charge in [-0.3, -0.25) is 0 Å². The molecule has 0 radical (unpaired) electrons. The third-order valence-electron chi connectivity index (χ3n) is 2.67. The molecule has 2 nitrogen and oxygen atoms in total. The van der Waals surface area contributed by atoms with Crippen molar-refractivity contribution in [3.05, 3.63) is 23.9 Å². The summed E-state index contributed by atoms with van der Waals surface area (Å²) in [5.74, 6) is 1.13. The molecular formula is C14H22ClNO. The van der Waals surface area contributed by atoms with Crippen LogP contribution >= 0.6 is 11.6 Å². The lowest BCUT2D eigenvalue weighted by molar-refractivity contribution is 0.292. The first kappa shape index (κ1) is 14.3. The normalized spacial score (nSPS) is 10.5. The number of hydrogen-bond acceptors (Lipinski definition) is 2.